The molecule has 0 aliphatic carbocycles. The molecule has 2 aromatic carbocycles. The number of carbonyl (C=O) groups is 1. The summed E-state index contributed by atoms with van der Waals surface area (Å²) in [4.78, 5) is 12.0. The van der Waals surface area contributed by atoms with Gasteiger partial charge in [0, 0.05) is 10.8 Å². The van der Waals surface area contributed by atoms with E-state index in [1.165, 1.54) is 0 Å². The lowest BCUT2D eigenvalue weighted by Crippen LogP contribution is -2.05. The molecule has 3 heteroatoms. The van der Waals surface area contributed by atoms with Crippen LogP contribution >= 0.6 is 0 Å². The first-order valence-corrected chi connectivity index (χ1v) is 7.51. The van der Waals surface area contributed by atoms with Crippen LogP contribution in [-0.4, -0.2) is 19.0 Å². The van der Waals surface area contributed by atoms with E-state index in [1.807, 2.05) is 37.3 Å². The van der Waals surface area contributed by atoms with Crippen molar-refractivity contribution in [2.75, 3.05) is 13.2 Å². The SMILES string of the molecule is CCCOc1cc(C(C)=O)c(OCCC)c2ccccc12. The van der Waals surface area contributed by atoms with E-state index in [9.17, 15) is 4.79 Å². The molecule has 0 aromatic heterocycles. The van der Waals surface area contributed by atoms with Crippen molar-refractivity contribution in [3.05, 3.63) is 35.9 Å². The fraction of sp³-hybridized carbons (Fsp3) is 0.389. The number of carbonyl (C=O) groups excluding carboxylic acids is 1. The highest BCUT2D eigenvalue weighted by Crippen LogP contribution is 2.37. The molecule has 3 nitrogen and oxygen atoms in total. The van der Waals surface area contributed by atoms with Gasteiger partial charge in [-0.2, -0.15) is 0 Å². The van der Waals surface area contributed by atoms with Gasteiger partial charge in [0.05, 0.1) is 18.8 Å². The molecule has 0 bridgehead atoms. The van der Waals surface area contributed by atoms with Crippen molar-refractivity contribution in [2.45, 2.75) is 33.6 Å². The number of Topliss-reactive ketones (excluding diaryl/α,β-unsaturated/α-hetero) is 1. The number of ketones is 1. The van der Waals surface area contributed by atoms with Gasteiger partial charge in [-0.15, -0.1) is 0 Å². The molecule has 2 rings (SSSR count). The molecule has 112 valence electrons. The predicted molar refractivity (Wildman–Crippen MR) is 85.5 cm³/mol. The van der Waals surface area contributed by atoms with E-state index in [-0.39, 0.29) is 5.78 Å². The molecule has 0 unspecified atom stereocenters. The third-order valence-corrected chi connectivity index (χ3v) is 3.25. The summed E-state index contributed by atoms with van der Waals surface area (Å²) >= 11 is 0. The molecule has 0 aliphatic heterocycles. The van der Waals surface area contributed by atoms with E-state index in [4.69, 9.17) is 9.47 Å². The first kappa shape index (κ1) is 15.4. The number of benzene rings is 2. The van der Waals surface area contributed by atoms with E-state index >= 15 is 0 Å². The van der Waals surface area contributed by atoms with Crippen LogP contribution in [0.4, 0.5) is 0 Å². The Balaban J connectivity index is 2.63. The fourth-order valence-electron chi connectivity index (χ4n) is 2.27. The molecule has 0 N–H and O–H groups in total. The van der Waals surface area contributed by atoms with Crippen molar-refractivity contribution in [1.29, 1.82) is 0 Å². The monoisotopic (exact) mass is 286 g/mol. The first-order chi connectivity index (χ1) is 10.2. The molecule has 0 spiro atoms. The standard InChI is InChI=1S/C18H22O3/c1-4-10-20-17-12-16(13(3)19)18(21-11-5-2)15-9-7-6-8-14(15)17/h6-9,12H,4-5,10-11H2,1-3H3. The summed E-state index contributed by atoms with van der Waals surface area (Å²) in [6, 6.07) is 9.72. The van der Waals surface area contributed by atoms with E-state index in [2.05, 4.69) is 6.92 Å². The second-order valence-electron chi connectivity index (χ2n) is 5.05. The Kier molecular flexibility index (Phi) is 5.20. The number of ether oxygens (including phenoxy) is 2. The van der Waals surface area contributed by atoms with E-state index in [1.54, 1.807) is 6.92 Å². The highest BCUT2D eigenvalue weighted by molar-refractivity contribution is 6.06. The Bertz CT molecular complexity index is 632. The predicted octanol–water partition coefficient (Wildman–Crippen LogP) is 4.62. The summed E-state index contributed by atoms with van der Waals surface area (Å²) in [5.41, 5.74) is 0.591. The van der Waals surface area contributed by atoms with Gasteiger partial charge in [0.2, 0.25) is 0 Å². The molecule has 0 saturated carbocycles. The van der Waals surface area contributed by atoms with E-state index in [0.29, 0.717) is 24.5 Å². The molecule has 0 saturated heterocycles. The van der Waals surface area contributed by atoms with Crippen molar-refractivity contribution in [1.82, 2.24) is 0 Å². The van der Waals surface area contributed by atoms with Crippen LogP contribution in [-0.2, 0) is 0 Å². The van der Waals surface area contributed by atoms with Crippen LogP contribution in [0.1, 0.15) is 44.0 Å². The lowest BCUT2D eigenvalue weighted by Gasteiger charge is -2.16. The van der Waals surface area contributed by atoms with Crippen LogP contribution in [0.5, 0.6) is 11.5 Å². The molecule has 0 heterocycles. The minimum atomic E-state index is -0.00629. The Morgan fingerprint density at radius 3 is 2.24 bits per heavy atom. The summed E-state index contributed by atoms with van der Waals surface area (Å²) in [5, 5.41) is 1.92. The summed E-state index contributed by atoms with van der Waals surface area (Å²) in [6.07, 6.45) is 1.83. The van der Waals surface area contributed by atoms with E-state index < -0.39 is 0 Å². The Morgan fingerprint density at radius 2 is 1.62 bits per heavy atom. The Hall–Kier alpha value is -2.03. The minimum Gasteiger partial charge on any atom is -0.493 e. The maximum absolute atomic E-state index is 12.0. The first-order valence-electron chi connectivity index (χ1n) is 7.51. The van der Waals surface area contributed by atoms with E-state index in [0.717, 1.165) is 29.4 Å². The summed E-state index contributed by atoms with van der Waals surface area (Å²) < 4.78 is 11.7. The number of hydrogen-bond acceptors (Lipinski definition) is 3. The fourth-order valence-corrected chi connectivity index (χ4v) is 2.27. The molecule has 0 aliphatic rings. The highest BCUT2D eigenvalue weighted by atomic mass is 16.5. The molecule has 2 aromatic rings. The van der Waals surface area contributed by atoms with Crippen molar-refractivity contribution < 1.29 is 14.3 Å². The van der Waals surface area contributed by atoms with Crippen molar-refractivity contribution in [3.63, 3.8) is 0 Å². The van der Waals surface area contributed by atoms with Gasteiger partial charge in [0.25, 0.3) is 0 Å². The third-order valence-electron chi connectivity index (χ3n) is 3.25. The van der Waals surface area contributed by atoms with Crippen LogP contribution < -0.4 is 9.47 Å². The van der Waals surface area contributed by atoms with Gasteiger partial charge in [-0.25, -0.2) is 0 Å². The Labute approximate surface area is 125 Å². The lowest BCUT2D eigenvalue weighted by atomic mass is 10.0. The van der Waals surface area contributed by atoms with Gasteiger partial charge in [0.1, 0.15) is 11.5 Å². The molecule has 21 heavy (non-hydrogen) atoms. The average molecular weight is 286 g/mol. The van der Waals surface area contributed by atoms with Crippen molar-refractivity contribution >= 4 is 16.6 Å². The average Bonchev–Trinajstić information content (AvgIpc) is 2.50. The van der Waals surface area contributed by atoms with Gasteiger partial charge in [-0.3, -0.25) is 4.79 Å². The summed E-state index contributed by atoms with van der Waals surface area (Å²) in [6.45, 7) is 6.91. The second-order valence-corrected chi connectivity index (χ2v) is 5.05. The zero-order chi connectivity index (χ0) is 15.2. The van der Waals surface area contributed by atoms with Crippen LogP contribution in [0.2, 0.25) is 0 Å². The smallest absolute Gasteiger partial charge is 0.163 e. The highest BCUT2D eigenvalue weighted by Gasteiger charge is 2.16. The zero-order valence-electron chi connectivity index (χ0n) is 12.9. The van der Waals surface area contributed by atoms with Crippen molar-refractivity contribution in [2.24, 2.45) is 0 Å². The van der Waals surface area contributed by atoms with Gasteiger partial charge in [-0.1, -0.05) is 38.1 Å². The van der Waals surface area contributed by atoms with Gasteiger partial charge >= 0.3 is 0 Å². The molecular weight excluding hydrogens is 264 g/mol. The molecular formula is C18H22O3. The van der Waals surface area contributed by atoms with Crippen LogP contribution in [0.25, 0.3) is 10.8 Å². The summed E-state index contributed by atoms with van der Waals surface area (Å²) in [7, 11) is 0. The van der Waals surface area contributed by atoms with Crippen LogP contribution in [0.3, 0.4) is 0 Å². The number of rotatable bonds is 7. The van der Waals surface area contributed by atoms with Gasteiger partial charge < -0.3 is 9.47 Å². The normalized spacial score (nSPS) is 10.6. The van der Waals surface area contributed by atoms with Crippen LogP contribution in [0, 0.1) is 0 Å². The largest absolute Gasteiger partial charge is 0.493 e. The topological polar surface area (TPSA) is 35.5 Å². The molecule has 0 amide bonds. The second kappa shape index (κ2) is 7.11. The summed E-state index contributed by atoms with van der Waals surface area (Å²) in [5.74, 6) is 1.42. The maximum Gasteiger partial charge on any atom is 0.163 e. The lowest BCUT2D eigenvalue weighted by molar-refractivity contribution is 0.101. The number of fused-ring (bicyclic) bond motifs is 1. The minimum absolute atomic E-state index is 0.00629. The number of hydrogen-bond donors (Lipinski definition) is 0. The van der Waals surface area contributed by atoms with Crippen molar-refractivity contribution in [3.8, 4) is 11.5 Å². The molecule has 0 fully saturated rings. The molecule has 0 atom stereocenters. The molecule has 0 radical (unpaired) electrons. The third kappa shape index (κ3) is 3.35. The zero-order valence-corrected chi connectivity index (χ0v) is 12.9. The Morgan fingerprint density at radius 1 is 1.00 bits per heavy atom. The van der Waals surface area contributed by atoms with Crippen LogP contribution in [0.15, 0.2) is 30.3 Å². The quantitative estimate of drug-likeness (QED) is 0.697. The maximum atomic E-state index is 12.0. The van der Waals surface area contributed by atoms with Gasteiger partial charge in [-0.05, 0) is 25.8 Å². The van der Waals surface area contributed by atoms with Gasteiger partial charge in [0.15, 0.2) is 5.78 Å².